The first kappa shape index (κ1) is 18.1. The Labute approximate surface area is 156 Å². The standard InChI is InChI=1S/C20H18N4O3/c1-13(25)22-16-5-3-6-17(10-16)23-20(27)15-9-19(26)24(12-15)18-7-2-4-14(8-18)11-21/h2-8,10,15H,9,12H2,1H3,(H,22,25)(H,23,27). The second kappa shape index (κ2) is 7.70. The third-order valence-corrected chi connectivity index (χ3v) is 4.23. The molecule has 1 fully saturated rings. The van der Waals surface area contributed by atoms with Gasteiger partial charge in [0, 0.05) is 37.0 Å². The van der Waals surface area contributed by atoms with Gasteiger partial charge in [-0.25, -0.2) is 0 Å². The van der Waals surface area contributed by atoms with Crippen molar-refractivity contribution in [2.75, 3.05) is 22.1 Å². The highest BCUT2D eigenvalue weighted by Gasteiger charge is 2.35. The van der Waals surface area contributed by atoms with Crippen molar-refractivity contribution in [1.82, 2.24) is 0 Å². The van der Waals surface area contributed by atoms with Crippen LogP contribution >= 0.6 is 0 Å². The molecule has 0 aromatic heterocycles. The zero-order chi connectivity index (χ0) is 19.4. The molecule has 3 amide bonds. The molecule has 1 aliphatic heterocycles. The largest absolute Gasteiger partial charge is 0.326 e. The molecule has 0 bridgehead atoms. The summed E-state index contributed by atoms with van der Waals surface area (Å²) in [5.41, 5.74) is 2.20. The van der Waals surface area contributed by atoms with Crippen LogP contribution in [-0.4, -0.2) is 24.3 Å². The normalized spacial score (nSPS) is 15.9. The first-order valence-electron chi connectivity index (χ1n) is 8.45. The average molecular weight is 362 g/mol. The van der Waals surface area contributed by atoms with Crippen molar-refractivity contribution in [3.63, 3.8) is 0 Å². The molecule has 0 spiro atoms. The molecule has 7 heteroatoms. The van der Waals surface area contributed by atoms with Crippen molar-refractivity contribution in [3.05, 3.63) is 54.1 Å². The summed E-state index contributed by atoms with van der Waals surface area (Å²) in [6.45, 7) is 1.66. The summed E-state index contributed by atoms with van der Waals surface area (Å²) in [6, 6.07) is 15.6. The van der Waals surface area contributed by atoms with Gasteiger partial charge in [-0.05, 0) is 36.4 Å². The molecule has 2 aromatic carbocycles. The van der Waals surface area contributed by atoms with Gasteiger partial charge in [0.1, 0.15) is 0 Å². The minimum atomic E-state index is -0.493. The predicted molar refractivity (Wildman–Crippen MR) is 101 cm³/mol. The Morgan fingerprint density at radius 3 is 2.52 bits per heavy atom. The van der Waals surface area contributed by atoms with E-state index in [1.54, 1.807) is 48.5 Å². The van der Waals surface area contributed by atoms with Crippen molar-refractivity contribution in [1.29, 1.82) is 5.26 Å². The summed E-state index contributed by atoms with van der Waals surface area (Å²) in [7, 11) is 0. The number of hydrogen-bond acceptors (Lipinski definition) is 4. The van der Waals surface area contributed by atoms with Gasteiger partial charge >= 0.3 is 0 Å². The van der Waals surface area contributed by atoms with Crippen LogP contribution in [0.3, 0.4) is 0 Å². The van der Waals surface area contributed by atoms with Gasteiger partial charge in [0.2, 0.25) is 17.7 Å². The fraction of sp³-hybridized carbons (Fsp3) is 0.200. The van der Waals surface area contributed by atoms with Crippen LogP contribution in [0.5, 0.6) is 0 Å². The quantitative estimate of drug-likeness (QED) is 0.872. The van der Waals surface area contributed by atoms with Crippen LogP contribution in [0, 0.1) is 17.2 Å². The number of rotatable bonds is 4. The van der Waals surface area contributed by atoms with Crippen molar-refractivity contribution < 1.29 is 14.4 Å². The monoisotopic (exact) mass is 362 g/mol. The number of nitrogens with one attached hydrogen (secondary N) is 2. The first-order valence-corrected chi connectivity index (χ1v) is 8.45. The van der Waals surface area contributed by atoms with Gasteiger partial charge in [0.15, 0.2) is 0 Å². The lowest BCUT2D eigenvalue weighted by Gasteiger charge is -2.17. The second-order valence-corrected chi connectivity index (χ2v) is 6.32. The molecule has 2 aromatic rings. The Balaban J connectivity index is 1.69. The Morgan fingerprint density at radius 1 is 1.11 bits per heavy atom. The Hall–Kier alpha value is -3.66. The van der Waals surface area contributed by atoms with Gasteiger partial charge in [-0.3, -0.25) is 14.4 Å². The number of carbonyl (C=O) groups is 3. The molecule has 7 nitrogen and oxygen atoms in total. The van der Waals surface area contributed by atoms with E-state index in [0.717, 1.165) is 0 Å². The minimum absolute atomic E-state index is 0.105. The molecule has 0 radical (unpaired) electrons. The lowest BCUT2D eigenvalue weighted by molar-refractivity contribution is -0.122. The van der Waals surface area contributed by atoms with E-state index in [-0.39, 0.29) is 30.7 Å². The molecule has 3 rings (SSSR count). The van der Waals surface area contributed by atoms with Crippen LogP contribution in [0.2, 0.25) is 0 Å². The number of benzene rings is 2. The molecule has 136 valence electrons. The Bertz CT molecular complexity index is 948. The highest BCUT2D eigenvalue weighted by Crippen LogP contribution is 2.27. The van der Waals surface area contributed by atoms with E-state index in [1.807, 2.05) is 6.07 Å². The fourth-order valence-electron chi connectivity index (χ4n) is 3.00. The summed E-state index contributed by atoms with van der Waals surface area (Å²) >= 11 is 0. The van der Waals surface area contributed by atoms with Gasteiger partial charge < -0.3 is 15.5 Å². The molecule has 1 aliphatic rings. The summed E-state index contributed by atoms with van der Waals surface area (Å²) < 4.78 is 0. The maximum atomic E-state index is 12.6. The predicted octanol–water partition coefficient (Wildman–Crippen LogP) is 2.51. The van der Waals surface area contributed by atoms with Gasteiger partial charge in [-0.15, -0.1) is 0 Å². The molecule has 1 unspecified atom stereocenters. The highest BCUT2D eigenvalue weighted by molar-refractivity contribution is 6.03. The number of amides is 3. The third kappa shape index (κ3) is 4.30. The van der Waals surface area contributed by atoms with Gasteiger partial charge in [-0.2, -0.15) is 5.26 Å². The minimum Gasteiger partial charge on any atom is -0.326 e. The van der Waals surface area contributed by atoms with Crippen LogP contribution in [0.1, 0.15) is 18.9 Å². The van der Waals surface area contributed by atoms with Crippen LogP contribution in [0.25, 0.3) is 0 Å². The lowest BCUT2D eigenvalue weighted by Crippen LogP contribution is -2.28. The molecule has 1 heterocycles. The van der Waals surface area contributed by atoms with Gasteiger partial charge in [-0.1, -0.05) is 12.1 Å². The highest BCUT2D eigenvalue weighted by atomic mass is 16.2. The van der Waals surface area contributed by atoms with Gasteiger partial charge in [0.05, 0.1) is 17.6 Å². The first-order chi connectivity index (χ1) is 13.0. The second-order valence-electron chi connectivity index (χ2n) is 6.32. The molecule has 27 heavy (non-hydrogen) atoms. The summed E-state index contributed by atoms with van der Waals surface area (Å²) in [5.74, 6) is -1.11. The van der Waals surface area contributed by atoms with E-state index in [4.69, 9.17) is 5.26 Å². The van der Waals surface area contributed by atoms with Crippen molar-refractivity contribution in [3.8, 4) is 6.07 Å². The van der Waals surface area contributed by atoms with Gasteiger partial charge in [0.25, 0.3) is 0 Å². The molecule has 2 N–H and O–H groups in total. The van der Waals surface area contributed by atoms with E-state index in [0.29, 0.717) is 22.6 Å². The summed E-state index contributed by atoms with van der Waals surface area (Å²) in [6.07, 6.45) is 0.105. The molecular formula is C20H18N4O3. The van der Waals surface area contributed by atoms with Crippen molar-refractivity contribution >= 4 is 34.8 Å². The number of hydrogen-bond donors (Lipinski definition) is 2. The third-order valence-electron chi connectivity index (χ3n) is 4.23. The zero-order valence-electron chi connectivity index (χ0n) is 14.7. The van der Waals surface area contributed by atoms with Crippen LogP contribution in [-0.2, 0) is 14.4 Å². The fourth-order valence-corrected chi connectivity index (χ4v) is 3.00. The van der Waals surface area contributed by atoms with Crippen molar-refractivity contribution in [2.45, 2.75) is 13.3 Å². The number of nitriles is 1. The Kier molecular flexibility index (Phi) is 5.18. The average Bonchev–Trinajstić information content (AvgIpc) is 3.03. The van der Waals surface area contributed by atoms with Crippen LogP contribution in [0.4, 0.5) is 17.1 Å². The topological polar surface area (TPSA) is 102 Å². The smallest absolute Gasteiger partial charge is 0.229 e. The van der Waals surface area contributed by atoms with Crippen molar-refractivity contribution in [2.24, 2.45) is 5.92 Å². The number of nitrogens with zero attached hydrogens (tertiary/aromatic N) is 2. The van der Waals surface area contributed by atoms with E-state index >= 15 is 0 Å². The molecular weight excluding hydrogens is 344 g/mol. The van der Waals surface area contributed by atoms with E-state index < -0.39 is 5.92 Å². The van der Waals surface area contributed by atoms with Crippen LogP contribution < -0.4 is 15.5 Å². The molecule has 1 saturated heterocycles. The SMILES string of the molecule is CC(=O)Nc1cccc(NC(=O)C2CC(=O)N(c3cccc(C#N)c3)C2)c1. The lowest BCUT2D eigenvalue weighted by atomic mass is 10.1. The molecule has 0 saturated carbocycles. The summed E-state index contributed by atoms with van der Waals surface area (Å²) in [5, 5.41) is 14.5. The van der Waals surface area contributed by atoms with E-state index in [2.05, 4.69) is 10.6 Å². The number of carbonyl (C=O) groups excluding carboxylic acids is 3. The van der Waals surface area contributed by atoms with E-state index in [1.165, 1.54) is 11.8 Å². The zero-order valence-corrected chi connectivity index (χ0v) is 14.7. The van der Waals surface area contributed by atoms with E-state index in [9.17, 15) is 14.4 Å². The maximum Gasteiger partial charge on any atom is 0.229 e. The Morgan fingerprint density at radius 2 is 1.81 bits per heavy atom. The number of anilines is 3. The maximum absolute atomic E-state index is 12.6. The molecule has 1 atom stereocenters. The van der Waals surface area contributed by atoms with Crippen LogP contribution in [0.15, 0.2) is 48.5 Å². The molecule has 0 aliphatic carbocycles. The summed E-state index contributed by atoms with van der Waals surface area (Å²) in [4.78, 5) is 37.6.